The lowest BCUT2D eigenvalue weighted by atomic mass is 10.1. The van der Waals surface area contributed by atoms with Crippen LogP contribution in [0.25, 0.3) is 0 Å². The number of carbonyl (C=O) groups excluding carboxylic acids is 1. The lowest BCUT2D eigenvalue weighted by molar-refractivity contribution is 0.111. The maximum atomic E-state index is 10.8. The molecule has 0 aliphatic carbocycles. The van der Waals surface area contributed by atoms with Crippen molar-refractivity contribution in [3.05, 3.63) is 47.8 Å². The first-order chi connectivity index (χ1) is 10.3. The summed E-state index contributed by atoms with van der Waals surface area (Å²) in [6, 6.07) is 9.68. The molecule has 2 aromatic rings. The highest BCUT2D eigenvalue weighted by Crippen LogP contribution is 2.32. The van der Waals surface area contributed by atoms with E-state index in [0.29, 0.717) is 12.5 Å². The largest absolute Gasteiger partial charge is 0.454 e. The van der Waals surface area contributed by atoms with E-state index in [9.17, 15) is 4.79 Å². The average molecular weight is 284 g/mol. The van der Waals surface area contributed by atoms with Crippen molar-refractivity contribution in [1.29, 1.82) is 0 Å². The van der Waals surface area contributed by atoms with Gasteiger partial charge in [0, 0.05) is 25.5 Å². The molecule has 2 heterocycles. The van der Waals surface area contributed by atoms with Gasteiger partial charge in [0.1, 0.15) is 5.69 Å². The van der Waals surface area contributed by atoms with E-state index in [1.54, 1.807) is 12.3 Å². The molecule has 0 saturated carbocycles. The van der Waals surface area contributed by atoms with Gasteiger partial charge in [0.05, 0.1) is 0 Å². The first-order valence-corrected chi connectivity index (χ1v) is 6.77. The number of nitrogens with zero attached hydrogens (tertiary/aromatic N) is 2. The van der Waals surface area contributed by atoms with E-state index in [0.717, 1.165) is 36.4 Å². The predicted molar refractivity (Wildman–Crippen MR) is 79.2 cm³/mol. The molecule has 1 aromatic carbocycles. The van der Waals surface area contributed by atoms with E-state index in [-0.39, 0.29) is 0 Å². The molecule has 0 radical (unpaired) electrons. The molecule has 5 heteroatoms. The Morgan fingerprint density at radius 3 is 2.95 bits per heavy atom. The van der Waals surface area contributed by atoms with E-state index in [1.165, 1.54) is 5.56 Å². The normalized spacial score (nSPS) is 12.2. The van der Waals surface area contributed by atoms with Crippen LogP contribution in [-0.2, 0) is 6.42 Å². The number of likely N-dealkylation sites (N-methyl/N-ethyl adjacent to an activating group) is 1. The molecule has 0 fully saturated rings. The summed E-state index contributed by atoms with van der Waals surface area (Å²) in [6.07, 6.45) is 3.29. The monoisotopic (exact) mass is 284 g/mol. The first kappa shape index (κ1) is 13.4. The van der Waals surface area contributed by atoms with Gasteiger partial charge in [0.15, 0.2) is 17.8 Å². The second-order valence-electron chi connectivity index (χ2n) is 4.92. The molecule has 0 bridgehead atoms. The molecule has 108 valence electrons. The van der Waals surface area contributed by atoms with Crippen LogP contribution in [-0.4, -0.2) is 31.7 Å². The van der Waals surface area contributed by atoms with Gasteiger partial charge in [-0.15, -0.1) is 0 Å². The van der Waals surface area contributed by atoms with Gasteiger partial charge in [0.25, 0.3) is 0 Å². The van der Waals surface area contributed by atoms with E-state index < -0.39 is 0 Å². The van der Waals surface area contributed by atoms with E-state index in [1.807, 2.05) is 31.3 Å². The zero-order chi connectivity index (χ0) is 14.7. The van der Waals surface area contributed by atoms with Crippen molar-refractivity contribution in [3.63, 3.8) is 0 Å². The van der Waals surface area contributed by atoms with Gasteiger partial charge in [-0.1, -0.05) is 6.07 Å². The molecular weight excluding hydrogens is 268 g/mol. The fourth-order valence-electron chi connectivity index (χ4n) is 2.26. The number of pyridine rings is 1. The molecule has 0 atom stereocenters. The Hall–Kier alpha value is -2.56. The van der Waals surface area contributed by atoms with Gasteiger partial charge in [-0.3, -0.25) is 9.78 Å². The van der Waals surface area contributed by atoms with Gasteiger partial charge in [0.2, 0.25) is 6.79 Å². The van der Waals surface area contributed by atoms with Crippen LogP contribution in [0.2, 0.25) is 0 Å². The van der Waals surface area contributed by atoms with Crippen molar-refractivity contribution < 1.29 is 14.3 Å². The van der Waals surface area contributed by atoms with E-state index in [2.05, 4.69) is 9.88 Å². The number of carbonyl (C=O) groups is 1. The Morgan fingerprint density at radius 2 is 2.10 bits per heavy atom. The molecule has 1 aromatic heterocycles. The number of hydrogen-bond acceptors (Lipinski definition) is 5. The molecule has 1 aliphatic rings. The minimum Gasteiger partial charge on any atom is -0.454 e. The van der Waals surface area contributed by atoms with Crippen LogP contribution >= 0.6 is 0 Å². The summed E-state index contributed by atoms with van der Waals surface area (Å²) in [5.74, 6) is 1.61. The number of hydrogen-bond donors (Lipinski definition) is 0. The third-order valence-corrected chi connectivity index (χ3v) is 3.50. The summed E-state index contributed by atoms with van der Waals surface area (Å²) in [4.78, 5) is 16.8. The molecule has 0 saturated heterocycles. The SMILES string of the molecule is CN(CCc1ccc2c(c1)OCO2)c1ccnc(C=O)c1. The van der Waals surface area contributed by atoms with Gasteiger partial charge in [-0.05, 0) is 36.2 Å². The van der Waals surface area contributed by atoms with Crippen molar-refractivity contribution in [2.75, 3.05) is 25.3 Å². The highest BCUT2D eigenvalue weighted by Gasteiger charge is 2.13. The quantitative estimate of drug-likeness (QED) is 0.789. The Balaban J connectivity index is 1.65. The van der Waals surface area contributed by atoms with Gasteiger partial charge in [-0.25, -0.2) is 0 Å². The average Bonchev–Trinajstić information content (AvgIpc) is 3.00. The molecule has 3 rings (SSSR count). The lowest BCUT2D eigenvalue weighted by Gasteiger charge is -2.19. The zero-order valence-electron chi connectivity index (χ0n) is 11.8. The number of anilines is 1. The minimum atomic E-state index is 0.296. The summed E-state index contributed by atoms with van der Waals surface area (Å²) in [6.45, 7) is 1.13. The lowest BCUT2D eigenvalue weighted by Crippen LogP contribution is -2.20. The molecule has 1 aliphatic heterocycles. The standard InChI is InChI=1S/C16H16N2O3/c1-18(14-4-6-17-13(9-14)10-19)7-5-12-2-3-15-16(8-12)21-11-20-15/h2-4,6,8-10H,5,7,11H2,1H3. The Kier molecular flexibility index (Phi) is 3.73. The third kappa shape index (κ3) is 2.97. The molecule has 0 spiro atoms. The van der Waals surface area contributed by atoms with Crippen LogP contribution in [0.3, 0.4) is 0 Å². The van der Waals surface area contributed by atoms with Crippen molar-refractivity contribution in [1.82, 2.24) is 4.98 Å². The number of aldehydes is 1. The second-order valence-corrected chi connectivity index (χ2v) is 4.92. The van der Waals surface area contributed by atoms with Crippen LogP contribution < -0.4 is 14.4 Å². The minimum absolute atomic E-state index is 0.296. The van der Waals surface area contributed by atoms with Crippen LogP contribution in [0.5, 0.6) is 11.5 Å². The predicted octanol–water partition coefficient (Wildman–Crippen LogP) is 2.30. The second kappa shape index (κ2) is 5.83. The van der Waals surface area contributed by atoms with Crippen LogP contribution in [0.1, 0.15) is 16.1 Å². The molecular formula is C16H16N2O3. The molecule has 5 nitrogen and oxygen atoms in total. The number of rotatable bonds is 5. The molecule has 21 heavy (non-hydrogen) atoms. The number of fused-ring (bicyclic) bond motifs is 1. The van der Waals surface area contributed by atoms with Gasteiger partial charge < -0.3 is 14.4 Å². The van der Waals surface area contributed by atoms with Gasteiger partial charge >= 0.3 is 0 Å². The molecule has 0 N–H and O–H groups in total. The molecule has 0 unspecified atom stereocenters. The van der Waals surface area contributed by atoms with Crippen molar-refractivity contribution in [3.8, 4) is 11.5 Å². The highest BCUT2D eigenvalue weighted by molar-refractivity contribution is 5.73. The third-order valence-electron chi connectivity index (χ3n) is 3.50. The Labute approximate surface area is 123 Å². The fourth-order valence-corrected chi connectivity index (χ4v) is 2.26. The Morgan fingerprint density at radius 1 is 1.24 bits per heavy atom. The van der Waals surface area contributed by atoms with Gasteiger partial charge in [-0.2, -0.15) is 0 Å². The summed E-state index contributed by atoms with van der Waals surface area (Å²) >= 11 is 0. The van der Waals surface area contributed by atoms with Crippen LogP contribution in [0.4, 0.5) is 5.69 Å². The fraction of sp³-hybridized carbons (Fsp3) is 0.250. The topological polar surface area (TPSA) is 51.7 Å². The Bertz CT molecular complexity index is 658. The zero-order valence-corrected chi connectivity index (χ0v) is 11.8. The van der Waals surface area contributed by atoms with Crippen LogP contribution in [0, 0.1) is 0 Å². The summed E-state index contributed by atoms with van der Waals surface area (Å²) in [7, 11) is 2.00. The van der Waals surface area contributed by atoms with Crippen molar-refractivity contribution in [2.24, 2.45) is 0 Å². The number of benzene rings is 1. The van der Waals surface area contributed by atoms with Crippen molar-refractivity contribution in [2.45, 2.75) is 6.42 Å². The first-order valence-electron chi connectivity index (χ1n) is 6.77. The summed E-state index contributed by atoms with van der Waals surface area (Å²) in [5, 5.41) is 0. The smallest absolute Gasteiger partial charge is 0.231 e. The summed E-state index contributed by atoms with van der Waals surface area (Å²) < 4.78 is 10.7. The number of aromatic nitrogens is 1. The summed E-state index contributed by atoms with van der Waals surface area (Å²) in [5.41, 5.74) is 2.62. The van der Waals surface area contributed by atoms with Crippen molar-refractivity contribution >= 4 is 12.0 Å². The van der Waals surface area contributed by atoms with E-state index in [4.69, 9.17) is 9.47 Å². The molecule has 0 amide bonds. The number of ether oxygens (including phenoxy) is 2. The van der Waals surface area contributed by atoms with E-state index >= 15 is 0 Å². The van der Waals surface area contributed by atoms with Crippen LogP contribution in [0.15, 0.2) is 36.5 Å². The maximum Gasteiger partial charge on any atom is 0.231 e. The maximum absolute atomic E-state index is 10.8. The highest BCUT2D eigenvalue weighted by atomic mass is 16.7.